The highest BCUT2D eigenvalue weighted by Crippen LogP contribution is 2.36. The molecule has 0 spiro atoms. The number of carbonyl (C=O) groups excluding carboxylic acids is 1. The van der Waals surface area contributed by atoms with Crippen LogP contribution in [0.15, 0.2) is 76.9 Å². The zero-order valence-corrected chi connectivity index (χ0v) is 20.7. The minimum atomic E-state index is -4.08. The Morgan fingerprint density at radius 2 is 1.41 bits per heavy atom. The summed E-state index contributed by atoms with van der Waals surface area (Å²) < 4.78 is 54.5. The van der Waals surface area contributed by atoms with Gasteiger partial charge in [0.2, 0.25) is 5.78 Å². The van der Waals surface area contributed by atoms with Crippen LogP contribution in [0.25, 0.3) is 16.6 Å². The number of carbonyl (C=O) groups is 1. The Morgan fingerprint density at radius 3 is 2.00 bits per heavy atom. The van der Waals surface area contributed by atoms with Gasteiger partial charge in [-0.1, -0.05) is 43.7 Å². The summed E-state index contributed by atoms with van der Waals surface area (Å²) >= 11 is 0. The van der Waals surface area contributed by atoms with Crippen LogP contribution in [0.2, 0.25) is 0 Å². The van der Waals surface area contributed by atoms with Crippen LogP contribution in [-0.4, -0.2) is 43.5 Å². The monoisotopic (exact) mass is 496 g/mol. The van der Waals surface area contributed by atoms with Gasteiger partial charge in [-0.25, -0.2) is 16.8 Å². The van der Waals surface area contributed by atoms with E-state index in [0.29, 0.717) is 5.56 Å². The van der Waals surface area contributed by atoms with Crippen LogP contribution in [0.5, 0.6) is 0 Å². The topological polar surface area (TPSA) is 103 Å². The van der Waals surface area contributed by atoms with Gasteiger partial charge in [-0.2, -0.15) is 0 Å². The number of pyridine rings is 2. The zero-order chi connectivity index (χ0) is 24.7. The molecule has 7 nitrogen and oxygen atoms in total. The molecule has 0 amide bonds. The van der Waals surface area contributed by atoms with Crippen molar-refractivity contribution < 1.29 is 21.6 Å². The number of benzene rings is 1. The molecule has 34 heavy (non-hydrogen) atoms. The van der Waals surface area contributed by atoms with Crippen LogP contribution in [0.3, 0.4) is 0 Å². The van der Waals surface area contributed by atoms with Crippen LogP contribution < -0.4 is 0 Å². The SMILES string of the molecule is CCS(=O)(=O)c1c(S(=O)(=O)CC)c2cc(-c3ccncc3)ccn2c1C(=O)c1ccc(C)cc1. The summed E-state index contributed by atoms with van der Waals surface area (Å²) in [7, 11) is -8.10. The van der Waals surface area contributed by atoms with Crippen molar-refractivity contribution in [3.63, 3.8) is 0 Å². The van der Waals surface area contributed by atoms with E-state index in [2.05, 4.69) is 4.98 Å². The highest BCUT2D eigenvalue weighted by Gasteiger charge is 2.36. The molecule has 0 aliphatic rings. The molecule has 0 saturated heterocycles. The van der Waals surface area contributed by atoms with Crippen LogP contribution in [-0.2, 0) is 19.7 Å². The van der Waals surface area contributed by atoms with E-state index in [-0.39, 0.29) is 33.2 Å². The second-order valence-corrected chi connectivity index (χ2v) is 12.3. The van der Waals surface area contributed by atoms with Gasteiger partial charge in [0.15, 0.2) is 19.7 Å². The highest BCUT2D eigenvalue weighted by atomic mass is 32.2. The molecular formula is C25H24N2O5S2. The van der Waals surface area contributed by atoms with Crippen molar-refractivity contribution in [2.45, 2.75) is 30.6 Å². The van der Waals surface area contributed by atoms with Crippen molar-refractivity contribution in [1.29, 1.82) is 0 Å². The third-order valence-corrected chi connectivity index (χ3v) is 9.48. The summed E-state index contributed by atoms with van der Waals surface area (Å²) in [6, 6.07) is 13.6. The third-order valence-electron chi connectivity index (χ3n) is 5.77. The van der Waals surface area contributed by atoms with Crippen molar-refractivity contribution >= 4 is 31.0 Å². The van der Waals surface area contributed by atoms with E-state index in [9.17, 15) is 21.6 Å². The molecule has 3 aromatic heterocycles. The number of hydrogen-bond donors (Lipinski definition) is 0. The largest absolute Gasteiger partial charge is 0.311 e. The molecule has 0 aliphatic heterocycles. The highest BCUT2D eigenvalue weighted by molar-refractivity contribution is 7.94. The number of rotatable bonds is 7. The first-order valence-corrected chi connectivity index (χ1v) is 14.1. The molecule has 0 atom stereocenters. The van der Waals surface area contributed by atoms with Gasteiger partial charge in [0.25, 0.3) is 0 Å². The second-order valence-electron chi connectivity index (χ2n) is 7.92. The fourth-order valence-electron chi connectivity index (χ4n) is 3.86. The van der Waals surface area contributed by atoms with E-state index in [0.717, 1.165) is 11.1 Å². The summed E-state index contributed by atoms with van der Waals surface area (Å²) in [5.74, 6) is -1.21. The standard InChI is InChI=1S/C25H24N2O5S2/c1-4-33(29,30)24-21-16-20(18-10-13-26-14-11-18)12-15-27(21)22(25(24)34(31,32)5-2)23(28)19-8-6-17(3)7-9-19/h6-16H,4-5H2,1-3H3. The fourth-order valence-corrected chi connectivity index (χ4v) is 6.93. The first-order chi connectivity index (χ1) is 16.1. The Morgan fingerprint density at radius 1 is 0.824 bits per heavy atom. The lowest BCUT2D eigenvalue weighted by molar-refractivity contribution is 0.103. The Kier molecular flexibility index (Phi) is 6.18. The molecule has 4 rings (SSSR count). The van der Waals surface area contributed by atoms with E-state index in [4.69, 9.17) is 0 Å². The first kappa shape index (κ1) is 23.8. The van der Waals surface area contributed by atoms with E-state index in [1.54, 1.807) is 67.1 Å². The van der Waals surface area contributed by atoms with Crippen molar-refractivity contribution in [1.82, 2.24) is 9.38 Å². The molecule has 4 aromatic rings. The molecule has 0 saturated carbocycles. The van der Waals surface area contributed by atoms with Gasteiger partial charge in [-0.05, 0) is 42.3 Å². The minimum absolute atomic E-state index is 0.152. The van der Waals surface area contributed by atoms with Crippen LogP contribution >= 0.6 is 0 Å². The lowest BCUT2D eigenvalue weighted by Gasteiger charge is -2.08. The van der Waals surface area contributed by atoms with Crippen LogP contribution in [0.4, 0.5) is 0 Å². The van der Waals surface area contributed by atoms with Crippen molar-refractivity contribution in [2.24, 2.45) is 0 Å². The van der Waals surface area contributed by atoms with Crippen LogP contribution in [0, 0.1) is 6.92 Å². The Balaban J connectivity index is 2.16. The van der Waals surface area contributed by atoms with Crippen LogP contribution in [0.1, 0.15) is 35.5 Å². The van der Waals surface area contributed by atoms with E-state index in [1.807, 2.05) is 6.92 Å². The lowest BCUT2D eigenvalue weighted by Crippen LogP contribution is -2.15. The van der Waals surface area contributed by atoms with Gasteiger partial charge < -0.3 is 4.40 Å². The molecule has 1 aromatic carbocycles. The summed E-state index contributed by atoms with van der Waals surface area (Å²) in [6.45, 7) is 4.76. The second kappa shape index (κ2) is 8.81. The summed E-state index contributed by atoms with van der Waals surface area (Å²) in [5.41, 5.74) is 2.65. The smallest absolute Gasteiger partial charge is 0.211 e. The predicted octanol–water partition coefficient (Wildman–Crippen LogP) is 4.13. The average molecular weight is 497 g/mol. The Labute approximate surface area is 198 Å². The quantitative estimate of drug-likeness (QED) is 0.357. The number of fused-ring (bicyclic) bond motifs is 1. The molecule has 0 fully saturated rings. The third kappa shape index (κ3) is 4.05. The summed E-state index contributed by atoms with van der Waals surface area (Å²) in [6.07, 6.45) is 4.78. The number of sulfone groups is 2. The summed E-state index contributed by atoms with van der Waals surface area (Å²) in [5, 5.41) is 0. The molecule has 9 heteroatoms. The van der Waals surface area contributed by atoms with Gasteiger partial charge in [-0.3, -0.25) is 9.78 Å². The summed E-state index contributed by atoms with van der Waals surface area (Å²) in [4.78, 5) is 16.9. The van der Waals surface area contributed by atoms with E-state index in [1.165, 1.54) is 18.2 Å². The van der Waals surface area contributed by atoms with Crippen molar-refractivity contribution in [3.05, 3.63) is 83.9 Å². The number of hydrogen-bond acceptors (Lipinski definition) is 6. The van der Waals surface area contributed by atoms with Gasteiger partial charge in [0.1, 0.15) is 15.5 Å². The maximum atomic E-state index is 13.7. The van der Waals surface area contributed by atoms with Crippen molar-refractivity contribution in [2.75, 3.05) is 11.5 Å². The predicted molar refractivity (Wildman–Crippen MR) is 131 cm³/mol. The van der Waals surface area contributed by atoms with Gasteiger partial charge in [-0.15, -0.1) is 0 Å². The maximum absolute atomic E-state index is 13.7. The Bertz CT molecular complexity index is 1600. The molecule has 176 valence electrons. The first-order valence-electron chi connectivity index (χ1n) is 10.8. The molecular weight excluding hydrogens is 472 g/mol. The number of aryl methyl sites for hydroxylation is 1. The molecule has 3 heterocycles. The normalized spacial score (nSPS) is 12.2. The van der Waals surface area contributed by atoms with Gasteiger partial charge >= 0.3 is 0 Å². The van der Waals surface area contributed by atoms with Gasteiger partial charge in [0.05, 0.1) is 17.0 Å². The Hall–Kier alpha value is -3.30. The fraction of sp³-hybridized carbons (Fsp3) is 0.200. The van der Waals surface area contributed by atoms with Gasteiger partial charge in [0, 0.05) is 24.2 Å². The molecule has 0 radical (unpaired) electrons. The van der Waals surface area contributed by atoms with Crippen molar-refractivity contribution in [3.8, 4) is 11.1 Å². The lowest BCUT2D eigenvalue weighted by atomic mass is 10.1. The molecule has 0 unspecified atom stereocenters. The number of nitrogens with zero attached hydrogens (tertiary/aromatic N) is 2. The average Bonchev–Trinajstić information content (AvgIpc) is 3.21. The minimum Gasteiger partial charge on any atom is -0.311 e. The van der Waals surface area contributed by atoms with E-state index < -0.39 is 30.4 Å². The zero-order valence-electron chi connectivity index (χ0n) is 19.0. The molecule has 0 aliphatic carbocycles. The van der Waals surface area contributed by atoms with E-state index >= 15 is 0 Å². The number of ketones is 1. The molecule has 0 bridgehead atoms. The molecule has 0 N–H and O–H groups in total. The maximum Gasteiger partial charge on any atom is 0.211 e. The number of aromatic nitrogens is 2.